The van der Waals surface area contributed by atoms with E-state index in [4.69, 9.17) is 26.3 Å². The van der Waals surface area contributed by atoms with Crippen LogP contribution in [0.3, 0.4) is 0 Å². The summed E-state index contributed by atoms with van der Waals surface area (Å²) in [6, 6.07) is 0. The van der Waals surface area contributed by atoms with Gasteiger partial charge in [0.2, 0.25) is 0 Å². The van der Waals surface area contributed by atoms with Gasteiger partial charge in [-0.05, 0) is 0 Å². The van der Waals surface area contributed by atoms with Crippen molar-refractivity contribution < 1.29 is 269 Å². The molecule has 0 aromatic rings. The van der Waals surface area contributed by atoms with Crippen LogP contribution in [0.15, 0.2) is 4.03 Å². The Morgan fingerprint density at radius 2 is 0.778 bits per heavy atom. The van der Waals surface area contributed by atoms with Crippen LogP contribution in [0.25, 0.3) is 0 Å². The molecule has 0 rings (SSSR count). The minimum absolute atomic E-state index is 0. The summed E-state index contributed by atoms with van der Waals surface area (Å²) in [6.07, 6.45) is 0. The van der Waals surface area contributed by atoms with E-state index in [0.717, 1.165) is 23.9 Å². The summed E-state index contributed by atoms with van der Waals surface area (Å²) in [5.74, 6) is 0. The molecule has 0 saturated heterocycles. The van der Waals surface area contributed by atoms with E-state index in [-0.39, 0.29) is 257 Å². The molecule has 0 aromatic carbocycles. The average Bonchev–Trinajstić information content (AvgIpc) is 2.26. The molecule has 66 valence electrons. The van der Waals surface area contributed by atoms with E-state index in [0.29, 0.717) is 0 Å². The fourth-order valence-electron chi connectivity index (χ4n) is 0.315. The number of hydrogen-bond acceptors (Lipinski definition) is 7. The Bertz CT molecular complexity index is 408. The van der Waals surface area contributed by atoms with Crippen molar-refractivity contribution in [3.8, 4) is 23.9 Å². The van der Waals surface area contributed by atoms with E-state index in [9.17, 15) is 4.91 Å². The fourth-order valence-corrected chi connectivity index (χ4v) is 1.30. The molecule has 0 bridgehead atoms. The summed E-state index contributed by atoms with van der Waals surface area (Å²) in [4.78, 5) is 15.1. The smallest absolute Gasteiger partial charge is 1.00 e. The first-order chi connectivity index (χ1) is 5.97. The van der Waals surface area contributed by atoms with Crippen LogP contribution in [-0.4, -0.2) is 0 Å². The molecule has 0 atom stereocenters. The summed E-state index contributed by atoms with van der Waals surface area (Å²) in [6.45, 7) is 0. The van der Waals surface area contributed by atoms with Gasteiger partial charge in [-0.2, -0.15) is 0 Å². The number of nitriles is 5. The fraction of sp³-hybridized carbons (Fsp3) is 0. The summed E-state index contributed by atoms with van der Waals surface area (Å²) in [5, 5.41) is 42.6. The Morgan fingerprint density at radius 3 is 0.778 bits per heavy atom. The van der Waals surface area contributed by atoms with Gasteiger partial charge in [0.25, 0.3) is 0 Å². The maximum Gasteiger partial charge on any atom is 1.00 e. The van der Waals surface area contributed by atoms with Crippen LogP contribution in [0, 0.1) is 55.1 Å². The van der Waals surface area contributed by atoms with Crippen LogP contribution in [0.1, 0.15) is 0 Å². The number of hydrogen-bond donors (Lipinski definition) is 0. The second-order valence-corrected chi connectivity index (χ2v) is 9.07. The summed E-state index contributed by atoms with van der Waals surface area (Å²) in [7, 11) is 0. The van der Waals surface area contributed by atoms with Crippen molar-refractivity contribution in [1.82, 2.24) is 0 Å². The largest absolute Gasteiger partial charge is 1.00 e. The number of nitrogens with zero attached hydrogens (tertiary/aromatic N) is 6. The molecule has 0 aliphatic carbocycles. The standard InChI is InChI=1S/5CN.5K.NO.V/c5*1-2;;;;;;1-2;/q;;;;;5*+1;-1;-4. The zero-order valence-electron chi connectivity index (χ0n) is 11.0. The Kier molecular flexibility index (Phi) is 32.8. The van der Waals surface area contributed by atoms with Gasteiger partial charge in [0.15, 0.2) is 0 Å². The second-order valence-electron chi connectivity index (χ2n) is 2.20. The summed E-state index contributed by atoms with van der Waals surface area (Å²) in [5.41, 5.74) is 0. The zero-order chi connectivity index (χ0) is 10.7. The molecule has 0 N–H and O–H groups in total. The van der Waals surface area contributed by atoms with Crippen LogP contribution in [0.4, 0.5) is 0 Å². The van der Waals surface area contributed by atoms with Crippen LogP contribution < -0.4 is 257 Å². The molecule has 0 saturated carbocycles. The number of rotatable bonds is 1. The molecule has 0 heterocycles. The molecule has 0 aliphatic heterocycles. The van der Waals surface area contributed by atoms with Gasteiger partial charge in [0.1, 0.15) is 0 Å². The molecular weight excluding hydrogens is 407 g/mol. The predicted molar refractivity (Wildman–Crippen MR) is 33.9 cm³/mol. The first-order valence-electron chi connectivity index (χ1n) is 2.62. The maximum atomic E-state index is 10.3. The first kappa shape index (κ1) is 39.1. The van der Waals surface area contributed by atoms with Crippen molar-refractivity contribution in [2.75, 3.05) is 0 Å². The summed E-state index contributed by atoms with van der Waals surface area (Å²) >= 11 is -6.80. The quantitative estimate of drug-likeness (QED) is 0.312. The average molecular weight is 407 g/mol. The first-order valence-corrected chi connectivity index (χ1v) is 6.74. The van der Waals surface area contributed by atoms with Gasteiger partial charge >= 0.3 is 328 Å². The predicted octanol–water partition coefficient (Wildman–Crippen LogP) is -14.7. The molecule has 0 radical (unpaired) electrons. The van der Waals surface area contributed by atoms with Crippen molar-refractivity contribution in [3.05, 3.63) is 4.91 Å². The maximum absolute atomic E-state index is 10.3. The van der Waals surface area contributed by atoms with E-state index >= 15 is 0 Å². The van der Waals surface area contributed by atoms with E-state index in [1.54, 1.807) is 0 Å². The van der Waals surface area contributed by atoms with Gasteiger partial charge in [0, 0.05) is 0 Å². The van der Waals surface area contributed by atoms with E-state index < -0.39 is 12.0 Å². The second kappa shape index (κ2) is 15.1. The van der Waals surface area contributed by atoms with Gasteiger partial charge in [-0.1, -0.05) is 0 Å². The van der Waals surface area contributed by atoms with Crippen molar-refractivity contribution in [1.29, 1.82) is 26.3 Å². The van der Waals surface area contributed by atoms with E-state index in [1.807, 2.05) is 4.03 Å². The Hall–Kier alpha value is 5.82. The molecular formula is C5K5N6OV. The normalized spacial score (nSPS) is 9.94. The Balaban J connectivity index is -0.0000000720. The van der Waals surface area contributed by atoms with Crippen LogP contribution in [0.2, 0.25) is 0 Å². The van der Waals surface area contributed by atoms with Crippen molar-refractivity contribution in [2.45, 2.75) is 0 Å². The van der Waals surface area contributed by atoms with Gasteiger partial charge in [0.05, 0.1) is 0 Å². The van der Waals surface area contributed by atoms with Crippen LogP contribution >= 0.6 is 0 Å². The molecule has 13 heteroatoms. The monoisotopic (exact) mass is 406 g/mol. The molecule has 18 heavy (non-hydrogen) atoms. The minimum Gasteiger partial charge on any atom is 1.00 e. The van der Waals surface area contributed by atoms with Crippen LogP contribution in [0.5, 0.6) is 0 Å². The molecule has 7 nitrogen and oxygen atoms in total. The van der Waals surface area contributed by atoms with Gasteiger partial charge in [-0.25, -0.2) is 0 Å². The molecule has 0 aromatic heterocycles. The third-order valence-electron chi connectivity index (χ3n) is 1.43. The molecule has 0 amide bonds. The minimum atomic E-state index is -6.80. The zero-order valence-corrected chi connectivity index (χ0v) is 28.1. The van der Waals surface area contributed by atoms with E-state index in [2.05, 4.69) is 0 Å². The van der Waals surface area contributed by atoms with Gasteiger partial charge in [-0.3, -0.25) is 0 Å². The topological polar surface area (TPSA) is 148 Å². The van der Waals surface area contributed by atoms with Crippen molar-refractivity contribution in [2.24, 2.45) is 4.03 Å². The van der Waals surface area contributed by atoms with Gasteiger partial charge in [-0.15, -0.1) is 0 Å². The Morgan fingerprint density at radius 1 is 0.611 bits per heavy atom. The van der Waals surface area contributed by atoms with Crippen molar-refractivity contribution >= 4 is 0 Å². The van der Waals surface area contributed by atoms with Gasteiger partial charge < -0.3 is 0 Å². The van der Waals surface area contributed by atoms with Crippen LogP contribution in [-0.2, 0) is 12.0 Å². The SMILES string of the molecule is N#[C][V-5]([C]#N)([C]#N)([C]#N)([C]#N)[N]=O.[K+].[K+].[K+].[K+].[K+]. The summed E-state index contributed by atoms with van der Waals surface area (Å²) < 4.78 is 2.00. The third kappa shape index (κ3) is 7.37. The third-order valence-corrected chi connectivity index (χ3v) is 5.89. The molecule has 0 unspecified atom stereocenters. The number of nitroso groups, excluding NO2 is 1. The molecule has 0 fully saturated rings. The Labute approximate surface area is 316 Å². The van der Waals surface area contributed by atoms with E-state index in [1.165, 1.54) is 0 Å². The van der Waals surface area contributed by atoms with Crippen molar-refractivity contribution in [3.63, 3.8) is 0 Å². The molecule has 0 spiro atoms. The molecule has 0 aliphatic rings.